The Labute approximate surface area is 233 Å². The smallest absolute Gasteiger partial charge is 0.378 e. The molecule has 4 aromatic rings. The number of carbonyl (C=O) groups excluding carboxylic acids is 1. The number of likely N-dealkylation sites (tertiary alicyclic amines) is 1. The topological polar surface area (TPSA) is 106 Å². The predicted octanol–water partition coefficient (Wildman–Crippen LogP) is 4.59. The number of alkyl halides is 4. The average Bonchev–Trinajstić information content (AvgIpc) is 3.63. The molecular weight excluding hydrogens is 544 g/mol. The first-order chi connectivity index (χ1) is 19.3. The van der Waals surface area contributed by atoms with Gasteiger partial charge in [0.05, 0.1) is 41.1 Å². The number of nitrogens with zero attached hydrogens (tertiary/aromatic N) is 6. The van der Waals surface area contributed by atoms with Crippen molar-refractivity contribution in [2.24, 2.45) is 0 Å². The van der Waals surface area contributed by atoms with E-state index in [1.807, 2.05) is 32.7 Å². The molecule has 0 saturated carbocycles. The first-order valence-electron chi connectivity index (χ1n) is 13.2. The van der Waals surface area contributed by atoms with Crippen LogP contribution in [-0.4, -0.2) is 73.8 Å². The summed E-state index contributed by atoms with van der Waals surface area (Å²) >= 11 is 0. The van der Waals surface area contributed by atoms with Crippen molar-refractivity contribution in [3.05, 3.63) is 48.1 Å². The molecule has 3 aromatic heterocycles. The zero-order chi connectivity index (χ0) is 29.5. The lowest BCUT2D eigenvalue weighted by molar-refractivity contribution is -0.139. The predicted molar refractivity (Wildman–Crippen MR) is 144 cm³/mol. The summed E-state index contributed by atoms with van der Waals surface area (Å²) in [5, 5.41) is 14.4. The van der Waals surface area contributed by atoms with E-state index in [1.54, 1.807) is 29.1 Å². The van der Waals surface area contributed by atoms with E-state index in [4.69, 9.17) is 4.52 Å². The fourth-order valence-electron chi connectivity index (χ4n) is 4.86. The first-order valence-corrected chi connectivity index (χ1v) is 13.2. The second-order valence-electron chi connectivity index (χ2n) is 11.3. The molecule has 1 amide bonds. The number of carbonyl (C=O) groups is 1. The number of fused-ring (bicyclic) bond motifs is 1. The van der Waals surface area contributed by atoms with Crippen molar-refractivity contribution >= 4 is 22.5 Å². The molecule has 10 nitrogen and oxygen atoms in total. The maximum atomic E-state index is 14.7. The van der Waals surface area contributed by atoms with Gasteiger partial charge in [-0.2, -0.15) is 23.3 Å². The summed E-state index contributed by atoms with van der Waals surface area (Å²) < 4.78 is 63.6. The van der Waals surface area contributed by atoms with Gasteiger partial charge in [-0.1, -0.05) is 11.2 Å². The molecule has 5 rings (SSSR count). The van der Waals surface area contributed by atoms with Crippen LogP contribution in [0.3, 0.4) is 0 Å². The van der Waals surface area contributed by atoms with Gasteiger partial charge >= 0.3 is 6.18 Å². The Kier molecular flexibility index (Phi) is 7.53. The zero-order valence-corrected chi connectivity index (χ0v) is 23.2. The van der Waals surface area contributed by atoms with Crippen molar-refractivity contribution in [1.29, 1.82) is 0 Å². The number of nitrogens with one attached hydrogen (secondary N) is 2. The van der Waals surface area contributed by atoms with Crippen LogP contribution in [-0.2, 0) is 18.6 Å². The largest absolute Gasteiger partial charge is 0.406 e. The Hall–Kier alpha value is -3.94. The monoisotopic (exact) mass is 576 g/mol. The minimum absolute atomic E-state index is 0.0178. The van der Waals surface area contributed by atoms with Gasteiger partial charge < -0.3 is 24.6 Å². The average molecular weight is 577 g/mol. The molecule has 0 unspecified atom stereocenters. The van der Waals surface area contributed by atoms with Crippen LogP contribution in [0.4, 0.5) is 23.2 Å². The van der Waals surface area contributed by atoms with Gasteiger partial charge in [0.25, 0.3) is 5.91 Å². The normalized spacial score (nSPS) is 18.6. The Morgan fingerprint density at radius 2 is 2.00 bits per heavy atom. The Balaban J connectivity index is 1.40. The van der Waals surface area contributed by atoms with Gasteiger partial charge in [0, 0.05) is 30.4 Å². The molecule has 0 aliphatic carbocycles. The highest BCUT2D eigenvalue weighted by Crippen LogP contribution is 2.35. The van der Waals surface area contributed by atoms with Crippen molar-refractivity contribution in [2.45, 2.75) is 64.2 Å². The number of anilines is 1. The molecule has 1 aromatic carbocycles. The third-order valence-electron chi connectivity index (χ3n) is 6.99. The number of rotatable bonds is 7. The highest BCUT2D eigenvalue weighted by Gasteiger charge is 2.32. The van der Waals surface area contributed by atoms with Gasteiger partial charge in [-0.15, -0.1) is 0 Å². The second-order valence-corrected chi connectivity index (χ2v) is 11.3. The van der Waals surface area contributed by atoms with E-state index in [0.29, 0.717) is 36.1 Å². The fraction of sp³-hybridized carbons (Fsp3) is 0.481. The Morgan fingerprint density at radius 3 is 2.71 bits per heavy atom. The van der Waals surface area contributed by atoms with Gasteiger partial charge in [-0.25, -0.2) is 4.39 Å². The van der Waals surface area contributed by atoms with Crippen molar-refractivity contribution in [3.8, 4) is 11.5 Å². The van der Waals surface area contributed by atoms with Crippen LogP contribution < -0.4 is 10.6 Å². The Morgan fingerprint density at radius 1 is 1.22 bits per heavy atom. The van der Waals surface area contributed by atoms with Crippen LogP contribution in [0.2, 0.25) is 0 Å². The molecule has 0 radical (unpaired) electrons. The molecule has 220 valence electrons. The van der Waals surface area contributed by atoms with E-state index >= 15 is 0 Å². The number of aromatic nitrogens is 5. The zero-order valence-electron chi connectivity index (χ0n) is 23.2. The van der Waals surface area contributed by atoms with Crippen LogP contribution >= 0.6 is 0 Å². The lowest BCUT2D eigenvalue weighted by atomic mass is 10.0. The molecule has 0 bridgehead atoms. The molecule has 2 N–H and O–H groups in total. The summed E-state index contributed by atoms with van der Waals surface area (Å²) in [5.41, 5.74) is 0.920. The molecular formula is C27H32F4N8O2. The van der Waals surface area contributed by atoms with Crippen LogP contribution in [0.15, 0.2) is 41.2 Å². The van der Waals surface area contributed by atoms with Crippen LogP contribution in [0.1, 0.15) is 43.4 Å². The number of amides is 1. The van der Waals surface area contributed by atoms with Crippen molar-refractivity contribution in [1.82, 2.24) is 34.7 Å². The van der Waals surface area contributed by atoms with E-state index in [9.17, 15) is 22.4 Å². The van der Waals surface area contributed by atoms with Gasteiger partial charge in [0.2, 0.25) is 11.7 Å². The molecule has 41 heavy (non-hydrogen) atoms. The summed E-state index contributed by atoms with van der Waals surface area (Å²) in [6, 6.07) is 5.93. The second kappa shape index (κ2) is 10.8. The Bertz CT molecular complexity index is 1530. The number of hydrogen-bond acceptors (Lipinski definition) is 7. The van der Waals surface area contributed by atoms with Gasteiger partial charge in [0.15, 0.2) is 0 Å². The van der Waals surface area contributed by atoms with Gasteiger partial charge in [0.1, 0.15) is 12.7 Å². The van der Waals surface area contributed by atoms with Gasteiger partial charge in [-0.3, -0.25) is 9.48 Å². The van der Waals surface area contributed by atoms with E-state index in [-0.39, 0.29) is 35.0 Å². The number of benzene rings is 1. The minimum atomic E-state index is -4.53. The summed E-state index contributed by atoms with van der Waals surface area (Å²) in [6.07, 6.45) is -2.19. The molecule has 4 heterocycles. The third kappa shape index (κ3) is 6.37. The highest BCUT2D eigenvalue weighted by molar-refractivity contribution is 5.96. The highest BCUT2D eigenvalue weighted by atomic mass is 19.4. The standard InChI is InChI=1S/C27H32F4N8O2/c1-26(2,3)39-13-16(11-33-39)25(40)32-12-23-35-24(36-41-23)22-10-17-19(34-20-14-37(4)9-8-18(20)28)6-5-7-21(17)38(22)15-27(29,30)31/h5-7,10-11,13,18,20,34H,8-9,12,14-15H2,1-4H3,(H,32,40)/t18-,20+/m0/s1. The quantitative estimate of drug-likeness (QED) is 0.310. The lowest BCUT2D eigenvalue weighted by Crippen LogP contribution is -2.47. The van der Waals surface area contributed by atoms with Crippen molar-refractivity contribution in [3.63, 3.8) is 0 Å². The maximum absolute atomic E-state index is 14.7. The number of likely N-dealkylation sites (N-methyl/N-ethyl adjacent to an activating group) is 1. The molecule has 2 atom stereocenters. The van der Waals surface area contributed by atoms with Crippen molar-refractivity contribution in [2.75, 3.05) is 25.5 Å². The molecule has 1 saturated heterocycles. The van der Waals surface area contributed by atoms with Crippen LogP contribution in [0.25, 0.3) is 22.4 Å². The van der Waals surface area contributed by atoms with E-state index < -0.39 is 30.8 Å². The third-order valence-corrected chi connectivity index (χ3v) is 6.99. The van der Waals surface area contributed by atoms with E-state index in [0.717, 1.165) is 4.57 Å². The molecule has 1 aliphatic heterocycles. The maximum Gasteiger partial charge on any atom is 0.406 e. The minimum Gasteiger partial charge on any atom is -0.378 e. The number of piperidine rings is 1. The van der Waals surface area contributed by atoms with Gasteiger partial charge in [-0.05, 0) is 52.4 Å². The summed E-state index contributed by atoms with van der Waals surface area (Å²) in [5.74, 6) is -0.465. The molecule has 1 aliphatic rings. The fourth-order valence-corrected chi connectivity index (χ4v) is 4.86. The summed E-state index contributed by atoms with van der Waals surface area (Å²) in [7, 11) is 1.90. The van der Waals surface area contributed by atoms with E-state index in [1.165, 1.54) is 12.3 Å². The van der Waals surface area contributed by atoms with Crippen LogP contribution in [0, 0.1) is 0 Å². The summed E-state index contributed by atoms with van der Waals surface area (Å²) in [6.45, 7) is 5.53. The number of hydrogen-bond donors (Lipinski definition) is 2. The van der Waals surface area contributed by atoms with Crippen molar-refractivity contribution < 1.29 is 26.9 Å². The van der Waals surface area contributed by atoms with E-state index in [2.05, 4.69) is 25.9 Å². The van der Waals surface area contributed by atoms with Crippen LogP contribution in [0.5, 0.6) is 0 Å². The molecule has 0 spiro atoms. The summed E-state index contributed by atoms with van der Waals surface area (Å²) in [4.78, 5) is 18.8. The SMILES string of the molecule is CN1CC[C@H](F)[C@H](Nc2cccc3c2cc(-c2noc(CNC(=O)c4cnn(C(C)(C)C)c4)n2)n3CC(F)(F)F)C1. The molecule has 1 fully saturated rings. The molecule has 14 heteroatoms. The number of halogens is 4. The lowest BCUT2D eigenvalue weighted by Gasteiger charge is -2.33. The first kappa shape index (κ1) is 28.6.